The van der Waals surface area contributed by atoms with Crippen molar-refractivity contribution in [1.29, 1.82) is 0 Å². The fourth-order valence-electron chi connectivity index (χ4n) is 1.84. The monoisotopic (exact) mass is 240 g/mol. The molecular formula is C13H12N4O. The molecule has 3 rings (SSSR count). The minimum absolute atomic E-state index is 0.149. The van der Waals surface area contributed by atoms with Gasteiger partial charge in [-0.25, -0.2) is 9.67 Å². The number of para-hydroxylation sites is 1. The van der Waals surface area contributed by atoms with Crippen LogP contribution in [-0.4, -0.2) is 19.7 Å². The smallest absolute Gasteiger partial charge is 0.260 e. The minimum Gasteiger partial charge on any atom is -0.290 e. The molecule has 0 amide bonds. The van der Waals surface area contributed by atoms with Crippen molar-refractivity contribution in [3.63, 3.8) is 0 Å². The van der Waals surface area contributed by atoms with E-state index in [1.165, 1.54) is 0 Å². The van der Waals surface area contributed by atoms with Crippen molar-refractivity contribution < 1.29 is 0 Å². The molecule has 0 aliphatic rings. The molecule has 2 heterocycles. The Balaban J connectivity index is 2.21. The first-order valence-electron chi connectivity index (χ1n) is 5.81. The van der Waals surface area contributed by atoms with Crippen molar-refractivity contribution >= 4 is 10.9 Å². The Hall–Kier alpha value is -2.43. The zero-order valence-electron chi connectivity index (χ0n) is 9.92. The molecule has 18 heavy (non-hydrogen) atoms. The molecular weight excluding hydrogens is 228 g/mol. The van der Waals surface area contributed by atoms with Gasteiger partial charge in [-0.15, -0.1) is 0 Å². The molecule has 0 spiro atoms. The molecule has 0 unspecified atom stereocenters. The number of fused-ring (bicyclic) bond motifs is 1. The highest BCUT2D eigenvalue weighted by Gasteiger charge is 2.05. The number of benzene rings is 1. The normalized spacial score (nSPS) is 10.9. The van der Waals surface area contributed by atoms with Gasteiger partial charge in [-0.3, -0.25) is 9.78 Å². The Morgan fingerprint density at radius 3 is 2.94 bits per heavy atom. The van der Waals surface area contributed by atoms with Crippen LogP contribution >= 0.6 is 0 Å². The lowest BCUT2D eigenvalue weighted by Gasteiger charge is -2.01. The van der Waals surface area contributed by atoms with E-state index in [1.807, 2.05) is 24.4 Å². The minimum atomic E-state index is -0.149. The van der Waals surface area contributed by atoms with Gasteiger partial charge in [0.1, 0.15) is 0 Å². The van der Waals surface area contributed by atoms with Gasteiger partial charge in [-0.1, -0.05) is 19.1 Å². The van der Waals surface area contributed by atoms with Gasteiger partial charge in [0.2, 0.25) is 5.95 Å². The van der Waals surface area contributed by atoms with Crippen molar-refractivity contribution in [2.24, 2.45) is 0 Å². The predicted octanol–water partition coefficient (Wildman–Crippen LogP) is 1.67. The molecule has 0 bridgehead atoms. The summed E-state index contributed by atoms with van der Waals surface area (Å²) in [5.41, 5.74) is 1.62. The van der Waals surface area contributed by atoms with Crippen molar-refractivity contribution in [2.45, 2.75) is 13.3 Å². The number of hydrogen-bond donors (Lipinski definition) is 1. The molecule has 1 aromatic carbocycles. The number of aromatic amines is 1. The first-order valence-corrected chi connectivity index (χ1v) is 5.81. The van der Waals surface area contributed by atoms with Gasteiger partial charge in [0.15, 0.2) is 0 Å². The Morgan fingerprint density at radius 1 is 1.33 bits per heavy atom. The average Bonchev–Trinajstić information content (AvgIpc) is 2.87. The molecule has 0 aliphatic carbocycles. The second kappa shape index (κ2) is 4.10. The number of aromatic nitrogens is 4. The number of nitrogens with one attached hydrogen (secondary N) is 1. The van der Waals surface area contributed by atoms with Crippen LogP contribution in [0.2, 0.25) is 0 Å². The van der Waals surface area contributed by atoms with Gasteiger partial charge in [0.05, 0.1) is 17.1 Å². The first kappa shape index (κ1) is 10.7. The van der Waals surface area contributed by atoms with Crippen LogP contribution in [0.4, 0.5) is 0 Å². The summed E-state index contributed by atoms with van der Waals surface area (Å²) in [6.07, 6.45) is 4.54. The van der Waals surface area contributed by atoms with Gasteiger partial charge in [0.25, 0.3) is 5.56 Å². The molecule has 2 aromatic heterocycles. The number of nitrogens with zero attached hydrogens (tertiary/aromatic N) is 3. The summed E-state index contributed by atoms with van der Waals surface area (Å²) in [4.78, 5) is 19.0. The Kier molecular flexibility index (Phi) is 2.44. The second-order valence-corrected chi connectivity index (χ2v) is 4.05. The molecule has 0 saturated heterocycles. The van der Waals surface area contributed by atoms with Crippen LogP contribution < -0.4 is 5.56 Å². The lowest BCUT2D eigenvalue weighted by atomic mass is 10.2. The van der Waals surface area contributed by atoms with E-state index in [1.54, 1.807) is 16.9 Å². The molecule has 0 saturated carbocycles. The van der Waals surface area contributed by atoms with Gasteiger partial charge >= 0.3 is 0 Å². The second-order valence-electron chi connectivity index (χ2n) is 4.05. The zero-order chi connectivity index (χ0) is 12.5. The summed E-state index contributed by atoms with van der Waals surface area (Å²) in [6.45, 7) is 2.05. The summed E-state index contributed by atoms with van der Waals surface area (Å²) >= 11 is 0. The maximum atomic E-state index is 11.9. The Bertz CT molecular complexity index is 757. The number of hydrogen-bond acceptors (Lipinski definition) is 3. The van der Waals surface area contributed by atoms with Crippen molar-refractivity contribution in [2.75, 3.05) is 0 Å². The lowest BCUT2D eigenvalue weighted by Crippen LogP contribution is -2.13. The van der Waals surface area contributed by atoms with Crippen LogP contribution in [0.3, 0.4) is 0 Å². The fourth-order valence-corrected chi connectivity index (χ4v) is 1.84. The summed E-state index contributed by atoms with van der Waals surface area (Å²) in [5, 5.41) is 4.78. The van der Waals surface area contributed by atoms with E-state index in [0.717, 1.165) is 12.0 Å². The van der Waals surface area contributed by atoms with Crippen LogP contribution in [0.5, 0.6) is 0 Å². The van der Waals surface area contributed by atoms with Crippen LogP contribution in [-0.2, 0) is 6.42 Å². The standard InChI is InChI=1S/C13H12N4O/c1-2-9-7-14-17(8-9)13-15-11-6-4-3-5-10(11)12(18)16-13/h3-8H,2H2,1H3,(H,15,16,18). The van der Waals surface area contributed by atoms with E-state index < -0.39 is 0 Å². The summed E-state index contributed by atoms with van der Waals surface area (Å²) in [6, 6.07) is 7.25. The molecule has 3 aromatic rings. The fraction of sp³-hybridized carbons (Fsp3) is 0.154. The molecule has 5 nitrogen and oxygen atoms in total. The van der Waals surface area contributed by atoms with Crippen molar-refractivity contribution in [3.05, 3.63) is 52.6 Å². The van der Waals surface area contributed by atoms with Crippen LogP contribution in [0.1, 0.15) is 12.5 Å². The molecule has 90 valence electrons. The SMILES string of the molecule is CCc1cnn(-c2nc3ccccc3c(=O)[nH]2)c1. The summed E-state index contributed by atoms with van der Waals surface area (Å²) < 4.78 is 1.59. The number of aryl methyl sites for hydroxylation is 1. The van der Waals surface area contributed by atoms with E-state index in [0.29, 0.717) is 16.9 Å². The molecule has 0 fully saturated rings. The van der Waals surface area contributed by atoms with E-state index >= 15 is 0 Å². The highest BCUT2D eigenvalue weighted by atomic mass is 16.1. The van der Waals surface area contributed by atoms with Gasteiger partial charge in [-0.05, 0) is 24.1 Å². The highest BCUT2D eigenvalue weighted by Crippen LogP contribution is 2.08. The van der Waals surface area contributed by atoms with Gasteiger partial charge in [0, 0.05) is 6.20 Å². The van der Waals surface area contributed by atoms with Crippen LogP contribution in [0, 0.1) is 0 Å². The lowest BCUT2D eigenvalue weighted by molar-refractivity contribution is 0.809. The van der Waals surface area contributed by atoms with Gasteiger partial charge < -0.3 is 0 Å². The number of rotatable bonds is 2. The third kappa shape index (κ3) is 1.69. The van der Waals surface area contributed by atoms with Crippen LogP contribution in [0.25, 0.3) is 16.9 Å². The predicted molar refractivity (Wildman–Crippen MR) is 68.9 cm³/mol. The van der Waals surface area contributed by atoms with E-state index in [4.69, 9.17) is 0 Å². The van der Waals surface area contributed by atoms with Gasteiger partial charge in [-0.2, -0.15) is 5.10 Å². The summed E-state index contributed by atoms with van der Waals surface area (Å²) in [7, 11) is 0. The van der Waals surface area contributed by atoms with Crippen LogP contribution in [0.15, 0.2) is 41.5 Å². The molecule has 1 N–H and O–H groups in total. The Labute approximate surface area is 103 Å². The molecule has 0 aliphatic heterocycles. The van der Waals surface area contributed by atoms with E-state index in [-0.39, 0.29) is 5.56 Å². The molecule has 0 atom stereocenters. The third-order valence-electron chi connectivity index (χ3n) is 2.86. The Morgan fingerprint density at radius 2 is 2.17 bits per heavy atom. The zero-order valence-corrected chi connectivity index (χ0v) is 9.92. The van der Waals surface area contributed by atoms with Crippen molar-refractivity contribution in [1.82, 2.24) is 19.7 Å². The largest absolute Gasteiger partial charge is 0.290 e. The molecule has 0 radical (unpaired) electrons. The van der Waals surface area contributed by atoms with Crippen molar-refractivity contribution in [3.8, 4) is 5.95 Å². The quantitative estimate of drug-likeness (QED) is 0.741. The average molecular weight is 240 g/mol. The maximum Gasteiger partial charge on any atom is 0.260 e. The topological polar surface area (TPSA) is 63.6 Å². The van der Waals surface area contributed by atoms with E-state index in [9.17, 15) is 4.79 Å². The maximum absolute atomic E-state index is 11.9. The van der Waals surface area contributed by atoms with E-state index in [2.05, 4.69) is 22.0 Å². The third-order valence-corrected chi connectivity index (χ3v) is 2.86. The summed E-state index contributed by atoms with van der Waals surface area (Å²) in [5.74, 6) is 0.443. The highest BCUT2D eigenvalue weighted by molar-refractivity contribution is 5.77. The molecule has 5 heteroatoms. The number of H-pyrrole nitrogens is 1. The first-order chi connectivity index (χ1) is 8.78.